The van der Waals surface area contributed by atoms with E-state index >= 15 is 0 Å². The average Bonchev–Trinajstić information content (AvgIpc) is 2.33. The monoisotopic (exact) mass is 250 g/mol. The Morgan fingerprint density at radius 3 is 2.61 bits per heavy atom. The van der Waals surface area contributed by atoms with Crippen molar-refractivity contribution in [1.29, 1.82) is 0 Å². The van der Waals surface area contributed by atoms with Crippen LogP contribution in [0.5, 0.6) is 0 Å². The molecule has 1 N–H and O–H groups in total. The van der Waals surface area contributed by atoms with Crippen LogP contribution in [0, 0.1) is 13.8 Å². The van der Waals surface area contributed by atoms with Crippen molar-refractivity contribution >= 4 is 0 Å². The summed E-state index contributed by atoms with van der Waals surface area (Å²) in [6.45, 7) is 7.45. The predicted molar refractivity (Wildman–Crippen MR) is 75.8 cm³/mol. The summed E-state index contributed by atoms with van der Waals surface area (Å²) in [5, 5.41) is 10.1. The zero-order valence-corrected chi connectivity index (χ0v) is 11.9. The molecule has 102 valence electrons. The summed E-state index contributed by atoms with van der Waals surface area (Å²) in [5.74, 6) is 0. The lowest BCUT2D eigenvalue weighted by molar-refractivity contribution is 0.0341. The Kier molecular flexibility index (Phi) is 6.99. The maximum Gasteiger partial charge on any atom is 0.103 e. The summed E-state index contributed by atoms with van der Waals surface area (Å²) in [6, 6.07) is 6.13. The van der Waals surface area contributed by atoms with E-state index in [-0.39, 0.29) is 0 Å². The molecule has 2 heteroatoms. The van der Waals surface area contributed by atoms with Crippen LogP contribution in [-0.2, 0) is 4.74 Å². The third-order valence-electron chi connectivity index (χ3n) is 3.20. The molecule has 0 aliphatic carbocycles. The van der Waals surface area contributed by atoms with Gasteiger partial charge in [-0.1, -0.05) is 49.9 Å². The zero-order chi connectivity index (χ0) is 13.4. The lowest BCUT2D eigenvalue weighted by Crippen LogP contribution is -2.09. The zero-order valence-electron chi connectivity index (χ0n) is 11.9. The van der Waals surface area contributed by atoms with Crippen LogP contribution in [0.1, 0.15) is 55.4 Å². The molecule has 0 amide bonds. The molecule has 0 saturated heterocycles. The van der Waals surface area contributed by atoms with E-state index in [4.69, 9.17) is 4.74 Å². The second kappa shape index (κ2) is 8.28. The number of aliphatic hydroxyl groups excluding tert-OH is 1. The van der Waals surface area contributed by atoms with E-state index in [1.807, 2.05) is 19.1 Å². The molecule has 0 radical (unpaired) electrons. The normalized spacial score (nSPS) is 12.7. The van der Waals surface area contributed by atoms with Crippen LogP contribution in [0.2, 0.25) is 0 Å². The molecule has 1 aromatic carbocycles. The fourth-order valence-electron chi connectivity index (χ4n) is 2.12. The minimum absolute atomic E-state index is 0.399. The number of ether oxygens (including phenoxy) is 1. The summed E-state index contributed by atoms with van der Waals surface area (Å²) in [7, 11) is 0. The molecule has 18 heavy (non-hydrogen) atoms. The van der Waals surface area contributed by atoms with Gasteiger partial charge >= 0.3 is 0 Å². The largest absolute Gasteiger partial charge is 0.386 e. The van der Waals surface area contributed by atoms with Gasteiger partial charge < -0.3 is 9.84 Å². The van der Waals surface area contributed by atoms with E-state index in [9.17, 15) is 5.11 Å². The highest BCUT2D eigenvalue weighted by atomic mass is 16.5. The van der Waals surface area contributed by atoms with Crippen molar-refractivity contribution in [2.45, 2.75) is 52.6 Å². The number of unbranched alkanes of at least 4 members (excludes halogenated alkanes) is 3. The fraction of sp³-hybridized carbons (Fsp3) is 0.625. The molecule has 0 fully saturated rings. The molecule has 0 bridgehead atoms. The SMILES string of the molecule is CCCCCCOCC(O)c1ccc(C)cc1C. The van der Waals surface area contributed by atoms with Gasteiger partial charge in [-0.2, -0.15) is 0 Å². The van der Waals surface area contributed by atoms with Crippen LogP contribution in [-0.4, -0.2) is 18.3 Å². The molecular weight excluding hydrogens is 224 g/mol. The van der Waals surface area contributed by atoms with E-state index in [0.29, 0.717) is 6.61 Å². The third-order valence-corrected chi connectivity index (χ3v) is 3.20. The first-order valence-corrected chi connectivity index (χ1v) is 6.98. The molecule has 0 aromatic heterocycles. The first kappa shape index (κ1) is 15.2. The molecule has 1 aromatic rings. The van der Waals surface area contributed by atoms with Crippen LogP contribution in [0.4, 0.5) is 0 Å². The van der Waals surface area contributed by atoms with Gasteiger partial charge in [0, 0.05) is 6.61 Å². The Hall–Kier alpha value is -0.860. The first-order chi connectivity index (χ1) is 8.65. The molecule has 0 aliphatic rings. The Balaban J connectivity index is 2.29. The molecule has 1 rings (SSSR count). The summed E-state index contributed by atoms with van der Waals surface area (Å²) in [4.78, 5) is 0. The van der Waals surface area contributed by atoms with Crippen molar-refractivity contribution < 1.29 is 9.84 Å². The van der Waals surface area contributed by atoms with Crippen LogP contribution >= 0.6 is 0 Å². The van der Waals surface area contributed by atoms with Crippen molar-refractivity contribution in [3.63, 3.8) is 0 Å². The minimum atomic E-state index is -0.503. The number of aryl methyl sites for hydroxylation is 2. The average molecular weight is 250 g/mol. The molecule has 1 atom stereocenters. The van der Waals surface area contributed by atoms with Gasteiger partial charge in [0.15, 0.2) is 0 Å². The van der Waals surface area contributed by atoms with Gasteiger partial charge in [0.25, 0.3) is 0 Å². The molecule has 2 nitrogen and oxygen atoms in total. The molecular formula is C16H26O2. The highest BCUT2D eigenvalue weighted by Gasteiger charge is 2.10. The van der Waals surface area contributed by atoms with Crippen LogP contribution in [0.25, 0.3) is 0 Å². The van der Waals surface area contributed by atoms with Gasteiger partial charge in [0.05, 0.1) is 6.61 Å². The van der Waals surface area contributed by atoms with E-state index in [0.717, 1.165) is 24.2 Å². The van der Waals surface area contributed by atoms with Gasteiger partial charge in [-0.25, -0.2) is 0 Å². The number of aliphatic hydroxyl groups is 1. The quantitative estimate of drug-likeness (QED) is 0.708. The smallest absolute Gasteiger partial charge is 0.103 e. The van der Waals surface area contributed by atoms with E-state index < -0.39 is 6.10 Å². The lowest BCUT2D eigenvalue weighted by Gasteiger charge is -2.14. The highest BCUT2D eigenvalue weighted by molar-refractivity contribution is 5.31. The molecule has 0 heterocycles. The summed E-state index contributed by atoms with van der Waals surface area (Å²) in [6.07, 6.45) is 4.31. The Morgan fingerprint density at radius 2 is 1.94 bits per heavy atom. The second-order valence-electron chi connectivity index (χ2n) is 5.01. The summed E-state index contributed by atoms with van der Waals surface area (Å²) in [5.41, 5.74) is 3.34. The van der Waals surface area contributed by atoms with Crippen LogP contribution in [0.15, 0.2) is 18.2 Å². The Bertz CT molecular complexity index is 347. The summed E-state index contributed by atoms with van der Waals surface area (Å²) >= 11 is 0. The number of rotatable bonds is 8. The van der Waals surface area contributed by atoms with E-state index in [1.54, 1.807) is 0 Å². The Morgan fingerprint density at radius 1 is 1.17 bits per heavy atom. The third kappa shape index (κ3) is 5.19. The summed E-state index contributed by atoms with van der Waals surface area (Å²) < 4.78 is 5.53. The van der Waals surface area contributed by atoms with Gasteiger partial charge in [-0.15, -0.1) is 0 Å². The Labute approximate surface area is 111 Å². The van der Waals surface area contributed by atoms with Crippen molar-refractivity contribution in [3.8, 4) is 0 Å². The molecule has 1 unspecified atom stereocenters. The predicted octanol–water partition coefficient (Wildman–Crippen LogP) is 3.93. The van der Waals surface area contributed by atoms with Crippen LogP contribution in [0.3, 0.4) is 0 Å². The maximum absolute atomic E-state index is 10.1. The standard InChI is InChI=1S/C16H26O2/c1-4-5-6-7-10-18-12-16(17)15-9-8-13(2)11-14(15)3/h8-9,11,16-17H,4-7,10,12H2,1-3H3. The van der Waals surface area contributed by atoms with Crippen molar-refractivity contribution in [1.82, 2.24) is 0 Å². The topological polar surface area (TPSA) is 29.5 Å². The van der Waals surface area contributed by atoms with Gasteiger partial charge in [-0.3, -0.25) is 0 Å². The maximum atomic E-state index is 10.1. The minimum Gasteiger partial charge on any atom is -0.386 e. The highest BCUT2D eigenvalue weighted by Crippen LogP contribution is 2.19. The van der Waals surface area contributed by atoms with Crippen molar-refractivity contribution in [2.75, 3.05) is 13.2 Å². The number of hydrogen-bond acceptors (Lipinski definition) is 2. The van der Waals surface area contributed by atoms with E-state index in [1.165, 1.54) is 24.8 Å². The van der Waals surface area contributed by atoms with E-state index in [2.05, 4.69) is 19.9 Å². The van der Waals surface area contributed by atoms with Gasteiger partial charge in [0.2, 0.25) is 0 Å². The first-order valence-electron chi connectivity index (χ1n) is 6.98. The number of benzene rings is 1. The number of hydrogen-bond donors (Lipinski definition) is 1. The van der Waals surface area contributed by atoms with Crippen molar-refractivity contribution in [3.05, 3.63) is 34.9 Å². The second-order valence-corrected chi connectivity index (χ2v) is 5.01. The van der Waals surface area contributed by atoms with Gasteiger partial charge in [-0.05, 0) is 31.4 Å². The van der Waals surface area contributed by atoms with Gasteiger partial charge in [0.1, 0.15) is 6.10 Å². The molecule has 0 saturated carbocycles. The fourth-order valence-corrected chi connectivity index (χ4v) is 2.12. The molecule has 0 spiro atoms. The van der Waals surface area contributed by atoms with Crippen molar-refractivity contribution in [2.24, 2.45) is 0 Å². The lowest BCUT2D eigenvalue weighted by atomic mass is 10.0. The molecule has 0 aliphatic heterocycles. The van der Waals surface area contributed by atoms with Crippen LogP contribution < -0.4 is 0 Å².